The first-order valence-corrected chi connectivity index (χ1v) is 22.1. The van der Waals surface area contributed by atoms with Crippen molar-refractivity contribution in [2.45, 2.75) is 251 Å². The average molecular weight is 690 g/mol. The van der Waals surface area contributed by atoms with Crippen molar-refractivity contribution in [1.29, 1.82) is 0 Å². The Balaban J connectivity index is 3.56. The fourth-order valence-electron chi connectivity index (χ4n) is 6.76. The van der Waals surface area contributed by atoms with E-state index in [1.54, 1.807) is 6.08 Å². The summed E-state index contributed by atoms with van der Waals surface area (Å²) in [5.74, 6) is -0.0707. The van der Waals surface area contributed by atoms with Gasteiger partial charge in [-0.3, -0.25) is 4.79 Å². The smallest absolute Gasteiger partial charge is 0.220 e. The maximum atomic E-state index is 12.4. The van der Waals surface area contributed by atoms with Crippen molar-refractivity contribution in [1.82, 2.24) is 5.32 Å². The summed E-state index contributed by atoms with van der Waals surface area (Å²) in [6, 6.07) is -0.623. The predicted octanol–water partition coefficient (Wildman–Crippen LogP) is 13.6. The second kappa shape index (κ2) is 41.3. The summed E-state index contributed by atoms with van der Waals surface area (Å²) in [6.07, 6.45) is 52.8. The SMILES string of the molecule is CCCCCCCCC/C=C\CCCCCCCC(=O)NC(CO)C(O)/C=C/CCCCCCCCCCCCCCCCCCCCC. The molecule has 4 heteroatoms. The van der Waals surface area contributed by atoms with E-state index in [9.17, 15) is 15.0 Å². The first-order chi connectivity index (χ1) is 24.2. The van der Waals surface area contributed by atoms with Crippen LogP contribution in [-0.2, 0) is 4.79 Å². The Morgan fingerprint density at radius 3 is 1.12 bits per heavy atom. The van der Waals surface area contributed by atoms with Crippen molar-refractivity contribution in [2.24, 2.45) is 0 Å². The number of amides is 1. The second-order valence-corrected chi connectivity index (χ2v) is 15.1. The summed E-state index contributed by atoms with van der Waals surface area (Å²) in [7, 11) is 0. The van der Waals surface area contributed by atoms with Crippen LogP contribution in [0.1, 0.15) is 239 Å². The van der Waals surface area contributed by atoms with Crippen LogP contribution in [0.3, 0.4) is 0 Å². The largest absolute Gasteiger partial charge is 0.394 e. The van der Waals surface area contributed by atoms with E-state index in [0.717, 1.165) is 32.1 Å². The van der Waals surface area contributed by atoms with Crippen LogP contribution in [-0.4, -0.2) is 34.9 Å². The lowest BCUT2D eigenvalue weighted by molar-refractivity contribution is -0.123. The van der Waals surface area contributed by atoms with E-state index >= 15 is 0 Å². The number of carbonyl (C=O) groups is 1. The molecule has 3 N–H and O–H groups in total. The van der Waals surface area contributed by atoms with Gasteiger partial charge in [-0.1, -0.05) is 212 Å². The van der Waals surface area contributed by atoms with Crippen LogP contribution in [0.4, 0.5) is 0 Å². The van der Waals surface area contributed by atoms with E-state index < -0.39 is 12.1 Å². The summed E-state index contributed by atoms with van der Waals surface area (Å²) in [6.45, 7) is 4.31. The normalized spacial score (nSPS) is 13.1. The Labute approximate surface area is 307 Å². The van der Waals surface area contributed by atoms with E-state index in [1.807, 2.05) is 6.08 Å². The fourth-order valence-corrected chi connectivity index (χ4v) is 6.76. The molecule has 0 aliphatic rings. The van der Waals surface area contributed by atoms with Crippen LogP contribution in [0.15, 0.2) is 24.3 Å². The maximum Gasteiger partial charge on any atom is 0.220 e. The van der Waals surface area contributed by atoms with Crippen LogP contribution in [0.5, 0.6) is 0 Å². The summed E-state index contributed by atoms with van der Waals surface area (Å²) >= 11 is 0. The standard InChI is InChI=1S/C45H87NO3/c1-3-5-7-9-11-13-15-17-19-21-22-23-24-25-26-28-30-32-34-36-38-40-44(48)43(42-47)46-45(49)41-39-37-35-33-31-29-27-20-18-16-14-12-10-8-6-4-2/h20,27,38,40,43-44,47-48H,3-19,21-26,28-37,39,41-42H2,1-2H3,(H,46,49)/b27-20-,40-38+. The monoisotopic (exact) mass is 690 g/mol. The molecule has 290 valence electrons. The molecule has 0 rings (SSSR count). The van der Waals surface area contributed by atoms with Gasteiger partial charge >= 0.3 is 0 Å². The van der Waals surface area contributed by atoms with Gasteiger partial charge in [0.15, 0.2) is 0 Å². The van der Waals surface area contributed by atoms with Crippen molar-refractivity contribution < 1.29 is 15.0 Å². The summed E-state index contributed by atoms with van der Waals surface area (Å²) in [5.41, 5.74) is 0. The van der Waals surface area contributed by atoms with Gasteiger partial charge in [-0.25, -0.2) is 0 Å². The van der Waals surface area contributed by atoms with Crippen LogP contribution in [0.25, 0.3) is 0 Å². The van der Waals surface area contributed by atoms with Gasteiger partial charge in [0, 0.05) is 6.42 Å². The molecular formula is C45H87NO3. The molecule has 2 unspecified atom stereocenters. The summed E-state index contributed by atoms with van der Waals surface area (Å²) in [5, 5.41) is 23.0. The number of hydrogen-bond donors (Lipinski definition) is 3. The molecule has 0 aromatic carbocycles. The number of aliphatic hydroxyl groups excluding tert-OH is 2. The lowest BCUT2D eigenvalue weighted by atomic mass is 10.0. The van der Waals surface area contributed by atoms with Gasteiger partial charge < -0.3 is 15.5 Å². The number of carbonyl (C=O) groups excluding carboxylic acids is 1. The lowest BCUT2D eigenvalue weighted by Gasteiger charge is -2.20. The molecule has 0 aromatic heterocycles. The lowest BCUT2D eigenvalue weighted by Crippen LogP contribution is -2.45. The fraction of sp³-hybridized carbons (Fsp3) is 0.889. The maximum absolute atomic E-state index is 12.4. The summed E-state index contributed by atoms with van der Waals surface area (Å²) in [4.78, 5) is 12.4. The zero-order chi connectivity index (χ0) is 35.7. The molecule has 4 nitrogen and oxygen atoms in total. The van der Waals surface area contributed by atoms with Crippen LogP contribution >= 0.6 is 0 Å². The Kier molecular flexibility index (Phi) is 40.3. The van der Waals surface area contributed by atoms with Crippen molar-refractivity contribution in [3.8, 4) is 0 Å². The minimum absolute atomic E-state index is 0.0707. The quantitative estimate of drug-likeness (QED) is 0.0443. The van der Waals surface area contributed by atoms with Gasteiger partial charge in [-0.2, -0.15) is 0 Å². The third-order valence-corrected chi connectivity index (χ3v) is 10.2. The molecule has 0 bridgehead atoms. The number of aliphatic hydroxyl groups is 2. The number of nitrogens with one attached hydrogen (secondary N) is 1. The highest BCUT2D eigenvalue weighted by atomic mass is 16.3. The Hall–Kier alpha value is -1.13. The topological polar surface area (TPSA) is 69.6 Å². The molecule has 0 heterocycles. The highest BCUT2D eigenvalue weighted by Gasteiger charge is 2.17. The molecule has 0 aliphatic heterocycles. The number of allylic oxidation sites excluding steroid dienone is 3. The second-order valence-electron chi connectivity index (χ2n) is 15.1. The molecule has 0 radical (unpaired) electrons. The number of unbranched alkanes of at least 4 members (excludes halogenated alkanes) is 31. The molecule has 0 spiro atoms. The first-order valence-electron chi connectivity index (χ1n) is 22.1. The number of hydrogen-bond acceptors (Lipinski definition) is 3. The molecule has 0 saturated carbocycles. The van der Waals surface area contributed by atoms with E-state index in [2.05, 4.69) is 31.3 Å². The zero-order valence-corrected chi connectivity index (χ0v) is 33.2. The third kappa shape index (κ3) is 37.9. The Bertz CT molecular complexity index is 705. The van der Waals surface area contributed by atoms with Crippen LogP contribution in [0.2, 0.25) is 0 Å². The molecule has 1 amide bonds. The minimum atomic E-state index is -0.840. The van der Waals surface area contributed by atoms with Crippen molar-refractivity contribution in [3.05, 3.63) is 24.3 Å². The van der Waals surface area contributed by atoms with Gasteiger partial charge in [0.2, 0.25) is 5.91 Å². The van der Waals surface area contributed by atoms with Gasteiger partial charge in [0.05, 0.1) is 18.8 Å². The highest BCUT2D eigenvalue weighted by molar-refractivity contribution is 5.76. The van der Waals surface area contributed by atoms with Gasteiger partial charge in [-0.05, 0) is 44.9 Å². The van der Waals surface area contributed by atoms with Gasteiger partial charge in [0.1, 0.15) is 0 Å². The molecule has 0 aromatic rings. The molecular weight excluding hydrogens is 602 g/mol. The van der Waals surface area contributed by atoms with Gasteiger partial charge in [-0.15, -0.1) is 0 Å². The minimum Gasteiger partial charge on any atom is -0.394 e. The molecule has 49 heavy (non-hydrogen) atoms. The highest BCUT2D eigenvalue weighted by Crippen LogP contribution is 2.15. The summed E-state index contributed by atoms with van der Waals surface area (Å²) < 4.78 is 0. The van der Waals surface area contributed by atoms with E-state index in [-0.39, 0.29) is 12.5 Å². The first kappa shape index (κ1) is 47.9. The van der Waals surface area contributed by atoms with Crippen LogP contribution < -0.4 is 5.32 Å². The van der Waals surface area contributed by atoms with Gasteiger partial charge in [0.25, 0.3) is 0 Å². The average Bonchev–Trinajstić information content (AvgIpc) is 3.10. The van der Waals surface area contributed by atoms with Crippen molar-refractivity contribution in [3.63, 3.8) is 0 Å². The Morgan fingerprint density at radius 2 is 0.776 bits per heavy atom. The van der Waals surface area contributed by atoms with E-state index in [1.165, 1.54) is 186 Å². The predicted molar refractivity (Wildman–Crippen MR) is 216 cm³/mol. The van der Waals surface area contributed by atoms with Crippen molar-refractivity contribution in [2.75, 3.05) is 6.61 Å². The molecule has 0 fully saturated rings. The molecule has 2 atom stereocenters. The molecule has 0 saturated heterocycles. The van der Waals surface area contributed by atoms with E-state index in [0.29, 0.717) is 6.42 Å². The zero-order valence-electron chi connectivity index (χ0n) is 33.2. The van der Waals surface area contributed by atoms with Crippen LogP contribution in [0, 0.1) is 0 Å². The van der Waals surface area contributed by atoms with Crippen molar-refractivity contribution >= 4 is 5.91 Å². The van der Waals surface area contributed by atoms with E-state index in [4.69, 9.17) is 0 Å². The Morgan fingerprint density at radius 1 is 0.469 bits per heavy atom. The molecule has 0 aliphatic carbocycles. The third-order valence-electron chi connectivity index (χ3n) is 10.2. The number of rotatable bonds is 40.